The molecular weight excluding hydrogens is 418 g/mol. The van der Waals surface area contributed by atoms with Crippen LogP contribution in [0.15, 0.2) is 60.8 Å². The van der Waals surface area contributed by atoms with Crippen LogP contribution in [0.1, 0.15) is 36.9 Å². The molecule has 1 saturated carbocycles. The number of thiazole rings is 1. The zero-order chi connectivity index (χ0) is 21.9. The molecule has 156 valence electrons. The van der Waals surface area contributed by atoms with Crippen molar-refractivity contribution in [3.8, 4) is 27.9 Å². The van der Waals surface area contributed by atoms with Crippen LogP contribution in [-0.4, -0.2) is 30.3 Å². The summed E-state index contributed by atoms with van der Waals surface area (Å²) in [6, 6.07) is 20.4. The first-order valence-corrected chi connectivity index (χ1v) is 11.3. The largest absolute Gasteiger partial charge is 0.390 e. The van der Waals surface area contributed by atoms with Crippen molar-refractivity contribution in [2.75, 3.05) is 0 Å². The molecule has 0 atom stereocenters. The highest BCUT2D eigenvalue weighted by Gasteiger charge is 2.40. The molecule has 3 aromatic heterocycles. The molecule has 0 unspecified atom stereocenters. The van der Waals surface area contributed by atoms with Gasteiger partial charge in [0, 0.05) is 28.9 Å². The van der Waals surface area contributed by atoms with Crippen LogP contribution in [0.5, 0.6) is 0 Å². The molecule has 0 bridgehead atoms. The minimum Gasteiger partial charge on any atom is -0.390 e. The highest BCUT2D eigenvalue weighted by molar-refractivity contribution is 7.21. The number of benzene rings is 2. The fourth-order valence-electron chi connectivity index (χ4n) is 4.57. The van der Waals surface area contributed by atoms with Gasteiger partial charge in [-0.15, -0.1) is 11.3 Å². The van der Waals surface area contributed by atoms with E-state index in [4.69, 9.17) is 10.1 Å². The summed E-state index contributed by atoms with van der Waals surface area (Å²) in [6.07, 6.45) is 3.08. The average Bonchev–Trinajstić information content (AvgIpc) is 3.38. The quantitative estimate of drug-likeness (QED) is 0.421. The monoisotopic (exact) mass is 437 g/mol. The molecule has 0 aliphatic heterocycles. The number of nitrogens with zero attached hydrogens (tertiary/aromatic N) is 5. The molecular formula is C25H19N5OS. The maximum atomic E-state index is 10.2. The molecule has 0 radical (unpaired) electrons. The molecule has 7 heteroatoms. The fraction of sp³-hybridized carbons (Fsp3) is 0.200. The number of hydrogen-bond acceptors (Lipinski definition) is 6. The summed E-state index contributed by atoms with van der Waals surface area (Å²) >= 11 is 1.65. The molecule has 1 N–H and O–H groups in total. The predicted octanol–water partition coefficient (Wildman–Crippen LogP) is 5.17. The lowest BCUT2D eigenvalue weighted by atomic mass is 9.70. The fourth-order valence-corrected chi connectivity index (χ4v) is 5.52. The Kier molecular flexibility index (Phi) is 4.15. The van der Waals surface area contributed by atoms with Crippen LogP contribution in [0.25, 0.3) is 37.7 Å². The van der Waals surface area contributed by atoms with Gasteiger partial charge in [-0.1, -0.05) is 36.4 Å². The van der Waals surface area contributed by atoms with E-state index in [1.165, 1.54) is 0 Å². The van der Waals surface area contributed by atoms with Crippen LogP contribution in [0.4, 0.5) is 0 Å². The third kappa shape index (κ3) is 3.00. The Morgan fingerprint density at radius 1 is 1.12 bits per heavy atom. The van der Waals surface area contributed by atoms with Gasteiger partial charge in [0.2, 0.25) is 0 Å². The second-order valence-electron chi connectivity index (χ2n) is 8.61. The average molecular weight is 438 g/mol. The lowest BCUT2D eigenvalue weighted by Crippen LogP contribution is -2.40. The van der Waals surface area contributed by atoms with Crippen molar-refractivity contribution in [2.45, 2.75) is 31.3 Å². The predicted molar refractivity (Wildman–Crippen MR) is 124 cm³/mol. The van der Waals surface area contributed by atoms with E-state index in [1.807, 2.05) is 49.4 Å². The Hall–Kier alpha value is -3.60. The van der Waals surface area contributed by atoms with Crippen molar-refractivity contribution in [1.82, 2.24) is 19.6 Å². The summed E-state index contributed by atoms with van der Waals surface area (Å²) in [7, 11) is 0. The van der Waals surface area contributed by atoms with Gasteiger partial charge in [0.05, 0.1) is 15.8 Å². The second kappa shape index (κ2) is 6.95. The lowest BCUT2D eigenvalue weighted by molar-refractivity contribution is -0.0328. The van der Waals surface area contributed by atoms with Crippen molar-refractivity contribution in [1.29, 1.82) is 5.26 Å². The van der Waals surface area contributed by atoms with E-state index in [9.17, 15) is 10.4 Å². The molecule has 6 nitrogen and oxygen atoms in total. The Bertz CT molecular complexity index is 1520. The van der Waals surface area contributed by atoms with E-state index in [-0.39, 0.29) is 5.92 Å². The molecule has 1 aliphatic carbocycles. The van der Waals surface area contributed by atoms with Gasteiger partial charge in [-0.05, 0) is 38.0 Å². The number of rotatable bonds is 3. The Morgan fingerprint density at radius 2 is 1.94 bits per heavy atom. The molecule has 32 heavy (non-hydrogen) atoms. The zero-order valence-electron chi connectivity index (χ0n) is 17.4. The van der Waals surface area contributed by atoms with E-state index in [2.05, 4.69) is 23.2 Å². The number of hydrogen-bond donors (Lipinski definition) is 1. The Labute approximate surface area is 188 Å². The number of aromatic nitrogens is 4. The van der Waals surface area contributed by atoms with Crippen LogP contribution < -0.4 is 0 Å². The molecule has 5 aromatic rings. The van der Waals surface area contributed by atoms with Crippen molar-refractivity contribution >= 4 is 27.2 Å². The highest BCUT2D eigenvalue weighted by Crippen LogP contribution is 2.44. The van der Waals surface area contributed by atoms with Crippen LogP contribution in [0, 0.1) is 11.3 Å². The van der Waals surface area contributed by atoms with Gasteiger partial charge in [-0.3, -0.25) is 0 Å². The summed E-state index contributed by atoms with van der Waals surface area (Å²) in [5.41, 5.74) is 4.77. The molecule has 1 fully saturated rings. The van der Waals surface area contributed by atoms with Crippen LogP contribution in [-0.2, 0) is 0 Å². The molecule has 0 saturated heterocycles. The van der Waals surface area contributed by atoms with Gasteiger partial charge in [0.25, 0.3) is 0 Å². The van der Waals surface area contributed by atoms with Crippen LogP contribution in [0.2, 0.25) is 0 Å². The highest BCUT2D eigenvalue weighted by atomic mass is 32.1. The molecule has 3 heterocycles. The first kappa shape index (κ1) is 19.1. The molecule has 2 aromatic carbocycles. The van der Waals surface area contributed by atoms with E-state index < -0.39 is 5.60 Å². The minimum atomic E-state index is -0.638. The first-order valence-electron chi connectivity index (χ1n) is 10.5. The Morgan fingerprint density at radius 3 is 2.69 bits per heavy atom. The number of nitriles is 1. The summed E-state index contributed by atoms with van der Waals surface area (Å²) in [5.74, 6) is 0.198. The van der Waals surface area contributed by atoms with E-state index >= 15 is 0 Å². The minimum absolute atomic E-state index is 0.198. The lowest BCUT2D eigenvalue weighted by Gasteiger charge is -2.40. The summed E-state index contributed by atoms with van der Waals surface area (Å²) in [4.78, 5) is 9.26. The zero-order valence-corrected chi connectivity index (χ0v) is 18.2. The number of fused-ring (bicyclic) bond motifs is 2. The SMILES string of the molecule is CC1(O)CC(c2ccnc3c(C#N)c(-c4ccc5sc(-c6ccccc6)nc5c4)nn23)C1. The maximum Gasteiger partial charge on any atom is 0.173 e. The van der Waals surface area contributed by atoms with Crippen molar-refractivity contribution in [3.63, 3.8) is 0 Å². The molecule has 0 spiro atoms. The summed E-state index contributed by atoms with van der Waals surface area (Å²) < 4.78 is 2.86. The normalized spacial score (nSPS) is 20.3. The molecule has 0 amide bonds. The first-order chi connectivity index (χ1) is 15.5. The van der Waals surface area contributed by atoms with Gasteiger partial charge >= 0.3 is 0 Å². The van der Waals surface area contributed by atoms with Crippen molar-refractivity contribution < 1.29 is 5.11 Å². The van der Waals surface area contributed by atoms with E-state index in [1.54, 1.807) is 22.0 Å². The van der Waals surface area contributed by atoms with Gasteiger partial charge < -0.3 is 5.11 Å². The summed E-state index contributed by atoms with van der Waals surface area (Å²) in [5, 5.41) is 25.9. The number of aliphatic hydroxyl groups is 1. The van der Waals surface area contributed by atoms with Crippen LogP contribution >= 0.6 is 11.3 Å². The Balaban J connectivity index is 1.47. The third-order valence-corrected chi connectivity index (χ3v) is 7.22. The topological polar surface area (TPSA) is 87.1 Å². The van der Waals surface area contributed by atoms with Crippen molar-refractivity contribution in [2.24, 2.45) is 0 Å². The van der Waals surface area contributed by atoms with Crippen molar-refractivity contribution in [3.05, 3.63) is 72.1 Å². The molecule has 6 rings (SSSR count). The van der Waals surface area contributed by atoms with Gasteiger partial charge in [-0.2, -0.15) is 10.4 Å². The smallest absolute Gasteiger partial charge is 0.173 e. The molecule has 1 aliphatic rings. The standard InChI is InChI=1S/C25H19N5OS/c1-25(31)12-17(13-25)20-9-10-27-23-18(14-26)22(29-30(20)23)16-7-8-21-19(11-16)28-24(32-21)15-5-3-2-4-6-15/h2-11,17,31H,12-13H2,1H3. The van der Waals surface area contributed by atoms with Gasteiger partial charge in [0.1, 0.15) is 22.3 Å². The van der Waals surface area contributed by atoms with Gasteiger partial charge in [0.15, 0.2) is 5.65 Å². The van der Waals surface area contributed by atoms with E-state index in [0.717, 1.165) is 32.0 Å². The van der Waals surface area contributed by atoms with Crippen LogP contribution in [0.3, 0.4) is 0 Å². The second-order valence-corrected chi connectivity index (χ2v) is 9.64. The maximum absolute atomic E-state index is 10.2. The van der Waals surface area contributed by atoms with Gasteiger partial charge in [-0.25, -0.2) is 14.5 Å². The summed E-state index contributed by atoms with van der Waals surface area (Å²) in [6.45, 7) is 1.85. The van der Waals surface area contributed by atoms with E-state index in [0.29, 0.717) is 29.7 Å². The third-order valence-electron chi connectivity index (χ3n) is 6.13.